The van der Waals surface area contributed by atoms with E-state index in [1.54, 1.807) is 0 Å². The minimum absolute atomic E-state index is 0. The summed E-state index contributed by atoms with van der Waals surface area (Å²) >= 11 is 28.8. The summed E-state index contributed by atoms with van der Waals surface area (Å²) in [4.78, 5) is 10.8. The molecule has 0 aliphatic rings. The van der Waals surface area contributed by atoms with Gasteiger partial charge >= 0.3 is 35.5 Å². The third-order valence-corrected chi connectivity index (χ3v) is 4.30. The Hall–Kier alpha value is 1.02. The molecule has 0 fully saturated rings. The SMILES string of the molecule is CC(=O)Oc1c(Cl)c(Cl)c(Cl)c(Cl)c1Cl.NCCNCCN.[H-].[Na+]. The molecule has 0 saturated carbocycles. The fraction of sp³-hybridized carbons (Fsp3) is 0.417. The molecule has 1 aromatic carbocycles. The number of benzene rings is 1. The van der Waals surface area contributed by atoms with Gasteiger partial charge in [-0.3, -0.25) is 4.79 Å². The van der Waals surface area contributed by atoms with Crippen LogP contribution in [0.2, 0.25) is 25.1 Å². The maximum atomic E-state index is 10.8. The second-order valence-electron chi connectivity index (χ2n) is 3.82. The Morgan fingerprint density at radius 2 is 1.30 bits per heavy atom. The van der Waals surface area contributed by atoms with Gasteiger partial charge in [0.15, 0.2) is 5.75 Å². The van der Waals surface area contributed by atoms with E-state index in [9.17, 15) is 4.79 Å². The quantitative estimate of drug-likeness (QED) is 0.156. The molecule has 5 nitrogen and oxygen atoms in total. The van der Waals surface area contributed by atoms with Crippen molar-refractivity contribution in [3.8, 4) is 5.75 Å². The number of ether oxygens (including phenoxy) is 1. The van der Waals surface area contributed by atoms with Crippen molar-refractivity contribution in [1.82, 2.24) is 5.32 Å². The van der Waals surface area contributed by atoms with Gasteiger partial charge in [0.1, 0.15) is 10.0 Å². The van der Waals surface area contributed by atoms with Crippen LogP contribution in [0.3, 0.4) is 0 Å². The van der Waals surface area contributed by atoms with Crippen LogP contribution in [0.15, 0.2) is 0 Å². The standard InChI is InChI=1S/C8H3Cl5O2.C4H13N3.Na.H/c1-2(14)15-8-6(12)4(10)3(9)5(11)7(8)13;5-1-3-7-4-2-6;;/h1H3;7H,1-6H2;;/q;;+1;-1. The van der Waals surface area contributed by atoms with E-state index in [0.717, 1.165) is 13.1 Å². The zero-order valence-corrected chi connectivity index (χ0v) is 18.5. The molecule has 0 bridgehead atoms. The molecule has 0 saturated heterocycles. The minimum Gasteiger partial charge on any atom is -1.00 e. The molecule has 0 atom stereocenters. The summed E-state index contributed by atoms with van der Waals surface area (Å²) in [5.41, 5.74) is 10.3. The number of carbonyl (C=O) groups excluding carboxylic acids is 1. The third-order valence-electron chi connectivity index (χ3n) is 2.06. The van der Waals surface area contributed by atoms with Crippen molar-refractivity contribution in [3.63, 3.8) is 0 Å². The first-order chi connectivity index (χ1) is 10.3. The second-order valence-corrected chi connectivity index (χ2v) is 5.71. The van der Waals surface area contributed by atoms with Crippen LogP contribution in [0.4, 0.5) is 0 Å². The van der Waals surface area contributed by atoms with E-state index in [-0.39, 0.29) is 61.8 Å². The van der Waals surface area contributed by atoms with Crippen LogP contribution >= 0.6 is 58.0 Å². The Bertz CT molecular complexity index is 493. The van der Waals surface area contributed by atoms with E-state index in [2.05, 4.69) is 5.32 Å². The van der Waals surface area contributed by atoms with Gasteiger partial charge in [0, 0.05) is 33.1 Å². The number of hydrogen-bond donors (Lipinski definition) is 3. The van der Waals surface area contributed by atoms with Gasteiger partial charge in [-0.1, -0.05) is 58.0 Å². The summed E-state index contributed by atoms with van der Waals surface area (Å²) in [5, 5.41) is 2.93. The van der Waals surface area contributed by atoms with Crippen molar-refractivity contribution in [2.24, 2.45) is 11.5 Å². The molecule has 11 heteroatoms. The molecule has 1 aromatic rings. The third kappa shape index (κ3) is 9.33. The minimum atomic E-state index is -0.590. The fourth-order valence-electron chi connectivity index (χ4n) is 1.15. The van der Waals surface area contributed by atoms with Gasteiger partial charge < -0.3 is 22.9 Å². The Morgan fingerprint density at radius 1 is 0.957 bits per heavy atom. The number of nitrogens with one attached hydrogen (secondary N) is 1. The molecule has 5 N–H and O–H groups in total. The molecule has 0 unspecified atom stereocenters. The first kappa shape index (κ1) is 26.3. The van der Waals surface area contributed by atoms with Gasteiger partial charge in [0.2, 0.25) is 0 Å². The largest absolute Gasteiger partial charge is 1.00 e. The maximum absolute atomic E-state index is 10.8. The van der Waals surface area contributed by atoms with Crippen molar-refractivity contribution in [2.75, 3.05) is 26.2 Å². The summed E-state index contributed by atoms with van der Waals surface area (Å²) in [7, 11) is 0. The average molecular weight is 436 g/mol. The van der Waals surface area contributed by atoms with Crippen LogP contribution in [0.1, 0.15) is 8.35 Å². The molecule has 0 aliphatic carbocycles. The van der Waals surface area contributed by atoms with Crippen molar-refractivity contribution in [2.45, 2.75) is 6.92 Å². The number of halogens is 5. The van der Waals surface area contributed by atoms with Gasteiger partial charge in [-0.15, -0.1) is 0 Å². The van der Waals surface area contributed by atoms with Gasteiger partial charge in [-0.25, -0.2) is 0 Å². The van der Waals surface area contributed by atoms with Gasteiger partial charge in [0.05, 0.1) is 15.1 Å². The van der Waals surface area contributed by atoms with Crippen LogP contribution < -0.4 is 51.1 Å². The number of carbonyl (C=O) groups is 1. The van der Waals surface area contributed by atoms with Crippen LogP contribution in [0.5, 0.6) is 5.75 Å². The Balaban J connectivity index is -0.000000424. The molecule has 1 rings (SSSR count). The van der Waals surface area contributed by atoms with Crippen LogP contribution in [0.25, 0.3) is 0 Å². The zero-order valence-electron chi connectivity index (χ0n) is 13.7. The van der Waals surface area contributed by atoms with Gasteiger partial charge in [0.25, 0.3) is 0 Å². The molecule has 0 aromatic heterocycles. The molecule has 128 valence electrons. The number of esters is 1. The molecule has 23 heavy (non-hydrogen) atoms. The van der Waals surface area contributed by atoms with Crippen molar-refractivity contribution < 1.29 is 40.5 Å². The summed E-state index contributed by atoms with van der Waals surface area (Å²) in [6.07, 6.45) is 0. The van der Waals surface area contributed by atoms with Gasteiger partial charge in [-0.05, 0) is 0 Å². The first-order valence-electron chi connectivity index (χ1n) is 6.08. The fourth-order valence-corrected chi connectivity index (χ4v) is 2.35. The van der Waals surface area contributed by atoms with E-state index in [0.29, 0.717) is 13.1 Å². The molecule has 0 heterocycles. The smallest absolute Gasteiger partial charge is 1.00 e. The predicted octanol–water partition coefficient (Wildman–Crippen LogP) is 0.489. The Morgan fingerprint density at radius 3 is 1.61 bits per heavy atom. The summed E-state index contributed by atoms with van der Waals surface area (Å²) < 4.78 is 4.76. The van der Waals surface area contributed by atoms with E-state index >= 15 is 0 Å². The molecule has 0 spiro atoms. The zero-order chi connectivity index (χ0) is 17.3. The topological polar surface area (TPSA) is 90.4 Å². The number of rotatable bonds is 5. The summed E-state index contributed by atoms with van der Waals surface area (Å²) in [5.74, 6) is -0.682. The van der Waals surface area contributed by atoms with Crippen molar-refractivity contribution in [1.29, 1.82) is 0 Å². The molecule has 0 amide bonds. The number of nitrogens with two attached hydrogens (primary N) is 2. The number of hydrogen-bond acceptors (Lipinski definition) is 5. The molecule has 0 aliphatic heterocycles. The Kier molecular flexibility index (Phi) is 16.2. The molecular formula is C12H17Cl5N3NaO2. The van der Waals surface area contributed by atoms with Gasteiger partial charge in [-0.2, -0.15) is 0 Å². The molecule has 0 radical (unpaired) electrons. The Labute approximate surface area is 184 Å². The average Bonchev–Trinajstić information content (AvgIpc) is 2.48. The predicted molar refractivity (Wildman–Crippen MR) is 94.9 cm³/mol. The van der Waals surface area contributed by atoms with Crippen LogP contribution in [0, 0.1) is 0 Å². The van der Waals surface area contributed by atoms with E-state index in [1.807, 2.05) is 0 Å². The van der Waals surface area contributed by atoms with Crippen molar-refractivity contribution in [3.05, 3.63) is 25.1 Å². The van der Waals surface area contributed by atoms with E-state index in [4.69, 9.17) is 74.2 Å². The molecular weight excluding hydrogens is 418 g/mol. The van der Waals surface area contributed by atoms with Crippen LogP contribution in [-0.2, 0) is 4.79 Å². The maximum Gasteiger partial charge on any atom is 1.00 e. The summed E-state index contributed by atoms with van der Waals surface area (Å²) in [6.45, 7) is 4.33. The first-order valence-corrected chi connectivity index (χ1v) is 7.97. The van der Waals surface area contributed by atoms with E-state index in [1.165, 1.54) is 6.92 Å². The summed E-state index contributed by atoms with van der Waals surface area (Å²) in [6, 6.07) is 0. The van der Waals surface area contributed by atoms with E-state index < -0.39 is 5.97 Å². The normalized spacial score (nSPS) is 9.57. The van der Waals surface area contributed by atoms with Crippen molar-refractivity contribution >= 4 is 64.0 Å². The second kappa shape index (κ2) is 14.2. The monoisotopic (exact) mass is 433 g/mol. The van der Waals surface area contributed by atoms with Crippen LogP contribution in [-0.4, -0.2) is 32.1 Å².